The van der Waals surface area contributed by atoms with E-state index in [4.69, 9.17) is 34.9 Å². The molecule has 4 aromatic carbocycles. The Hall–Kier alpha value is -7.32. The molecule has 0 amide bonds. The van der Waals surface area contributed by atoms with Crippen LogP contribution in [0.15, 0.2) is 158 Å². The van der Waals surface area contributed by atoms with Gasteiger partial charge >= 0.3 is 0 Å². The molecule has 242 valence electrons. The third-order valence-electron chi connectivity index (χ3n) is 9.28. The second-order valence-corrected chi connectivity index (χ2v) is 12.5. The van der Waals surface area contributed by atoms with Gasteiger partial charge in [0, 0.05) is 74.8 Å². The van der Waals surface area contributed by atoms with Gasteiger partial charge in [-0.1, -0.05) is 60.7 Å². The quantitative estimate of drug-likeness (QED) is 0.167. The first-order valence-electron chi connectivity index (χ1n) is 16.9. The van der Waals surface area contributed by atoms with E-state index in [2.05, 4.69) is 59.6 Å². The Bertz CT molecular complexity index is 2660. The second kappa shape index (κ2) is 12.2. The molecule has 0 spiro atoms. The molecule has 0 atom stereocenters. The molecule has 0 unspecified atom stereocenters. The summed E-state index contributed by atoms with van der Waals surface area (Å²) in [6.07, 6.45) is 9.07. The van der Waals surface area contributed by atoms with E-state index in [1.807, 2.05) is 97.6 Å². The molecule has 10 aromatic rings. The summed E-state index contributed by atoms with van der Waals surface area (Å²) >= 11 is 0. The fourth-order valence-electron chi connectivity index (χ4n) is 6.98. The Balaban J connectivity index is 1.33. The Morgan fingerprint density at radius 1 is 0.327 bits per heavy atom. The molecule has 0 aliphatic heterocycles. The molecule has 0 radical (unpaired) electrons. The minimum absolute atomic E-state index is 0.486. The minimum atomic E-state index is 0.486. The van der Waals surface area contributed by atoms with Crippen LogP contribution in [0.4, 0.5) is 0 Å². The predicted molar refractivity (Wildman–Crippen MR) is 206 cm³/mol. The highest BCUT2D eigenvalue weighted by molar-refractivity contribution is 6.13. The SMILES string of the molecule is c1ccc(-c2nc(-c3cc(-c4c5cccnc5cc5cccnc45)cc(-c4c5cccnc5cc5cccnc45)c3)nc(-c3ccccn3)n2)cc1. The van der Waals surface area contributed by atoms with Gasteiger partial charge in [0.2, 0.25) is 0 Å². The highest BCUT2D eigenvalue weighted by atomic mass is 15.0. The summed E-state index contributed by atoms with van der Waals surface area (Å²) in [6, 6.07) is 42.6. The highest BCUT2D eigenvalue weighted by Gasteiger charge is 2.20. The largest absolute Gasteiger partial charge is 0.256 e. The molecular weight excluding hydrogens is 641 g/mol. The zero-order chi connectivity index (χ0) is 34.4. The second-order valence-electron chi connectivity index (χ2n) is 12.5. The van der Waals surface area contributed by atoms with Crippen LogP contribution in [0, 0.1) is 0 Å². The molecule has 0 N–H and O–H groups in total. The topological polar surface area (TPSA) is 103 Å². The zero-order valence-electron chi connectivity index (χ0n) is 27.6. The van der Waals surface area contributed by atoms with Crippen LogP contribution in [-0.4, -0.2) is 39.9 Å². The van der Waals surface area contributed by atoms with Gasteiger partial charge in [-0.2, -0.15) is 0 Å². The van der Waals surface area contributed by atoms with Crippen molar-refractivity contribution in [2.24, 2.45) is 0 Å². The number of pyridine rings is 5. The number of fused-ring (bicyclic) bond motifs is 4. The Morgan fingerprint density at radius 3 is 1.42 bits per heavy atom. The number of rotatable bonds is 5. The summed E-state index contributed by atoms with van der Waals surface area (Å²) in [5.74, 6) is 1.56. The van der Waals surface area contributed by atoms with Crippen LogP contribution in [0.1, 0.15) is 0 Å². The minimum Gasteiger partial charge on any atom is -0.256 e. The maximum absolute atomic E-state index is 5.11. The van der Waals surface area contributed by atoms with Gasteiger partial charge in [-0.25, -0.2) is 15.0 Å². The van der Waals surface area contributed by atoms with Crippen molar-refractivity contribution in [1.29, 1.82) is 0 Å². The van der Waals surface area contributed by atoms with Crippen LogP contribution in [-0.2, 0) is 0 Å². The van der Waals surface area contributed by atoms with Crippen LogP contribution in [0.3, 0.4) is 0 Å². The van der Waals surface area contributed by atoms with Crippen LogP contribution >= 0.6 is 0 Å². The van der Waals surface area contributed by atoms with E-state index in [0.717, 1.165) is 77.0 Å². The fourth-order valence-corrected chi connectivity index (χ4v) is 6.98. The highest BCUT2D eigenvalue weighted by Crippen LogP contribution is 2.42. The Labute approximate surface area is 297 Å². The number of hydrogen-bond donors (Lipinski definition) is 0. The van der Waals surface area contributed by atoms with Crippen molar-refractivity contribution < 1.29 is 0 Å². The fraction of sp³-hybridized carbons (Fsp3) is 0. The van der Waals surface area contributed by atoms with Crippen LogP contribution < -0.4 is 0 Å². The Kier molecular flexibility index (Phi) is 6.95. The van der Waals surface area contributed by atoms with Gasteiger partial charge in [0.15, 0.2) is 17.5 Å². The number of hydrogen-bond acceptors (Lipinski definition) is 8. The molecule has 0 aliphatic rings. The summed E-state index contributed by atoms with van der Waals surface area (Å²) in [7, 11) is 0. The van der Waals surface area contributed by atoms with Crippen molar-refractivity contribution in [3.63, 3.8) is 0 Å². The molecular formula is C44H26N8. The maximum atomic E-state index is 5.11. The van der Waals surface area contributed by atoms with E-state index < -0.39 is 0 Å². The molecule has 52 heavy (non-hydrogen) atoms. The van der Waals surface area contributed by atoms with E-state index in [9.17, 15) is 0 Å². The molecule has 0 aliphatic carbocycles. The van der Waals surface area contributed by atoms with E-state index >= 15 is 0 Å². The van der Waals surface area contributed by atoms with Gasteiger partial charge < -0.3 is 0 Å². The van der Waals surface area contributed by atoms with Gasteiger partial charge in [-0.3, -0.25) is 24.9 Å². The molecule has 8 heteroatoms. The summed E-state index contributed by atoms with van der Waals surface area (Å²) in [5, 5.41) is 3.99. The standard InChI is InChI=1S/C44H26N8/c1-2-10-27(11-3-1)42-50-43(52-44(51-42)35-16-4-5-17-45-35)32-23-30(38-33-14-8-18-46-36(33)25-28-12-6-20-48-40(28)38)22-31(24-32)39-34-15-9-19-47-37(34)26-29-13-7-21-49-41(29)39/h1-26H. The molecule has 6 heterocycles. The van der Waals surface area contributed by atoms with Gasteiger partial charge in [0.05, 0.1) is 22.1 Å². The van der Waals surface area contributed by atoms with Crippen molar-refractivity contribution in [3.8, 4) is 56.5 Å². The zero-order valence-corrected chi connectivity index (χ0v) is 27.6. The van der Waals surface area contributed by atoms with E-state index in [1.165, 1.54) is 0 Å². The van der Waals surface area contributed by atoms with Crippen LogP contribution in [0.5, 0.6) is 0 Å². The van der Waals surface area contributed by atoms with Crippen molar-refractivity contribution >= 4 is 43.6 Å². The van der Waals surface area contributed by atoms with E-state index in [0.29, 0.717) is 23.2 Å². The van der Waals surface area contributed by atoms with Crippen LogP contribution in [0.2, 0.25) is 0 Å². The lowest BCUT2D eigenvalue weighted by Crippen LogP contribution is -2.01. The molecule has 10 rings (SSSR count). The molecule has 0 saturated heterocycles. The van der Waals surface area contributed by atoms with Gasteiger partial charge in [0.1, 0.15) is 5.69 Å². The number of nitrogens with zero attached hydrogens (tertiary/aromatic N) is 8. The lowest BCUT2D eigenvalue weighted by molar-refractivity contribution is 1.06. The maximum Gasteiger partial charge on any atom is 0.182 e. The first-order valence-corrected chi connectivity index (χ1v) is 16.9. The summed E-state index contributed by atoms with van der Waals surface area (Å²) in [4.78, 5) is 39.1. The monoisotopic (exact) mass is 666 g/mol. The summed E-state index contributed by atoms with van der Waals surface area (Å²) < 4.78 is 0. The predicted octanol–water partition coefficient (Wildman–Crippen LogP) is 9.79. The third-order valence-corrected chi connectivity index (χ3v) is 9.28. The average molecular weight is 667 g/mol. The van der Waals surface area contributed by atoms with Crippen molar-refractivity contribution in [3.05, 3.63) is 158 Å². The van der Waals surface area contributed by atoms with Crippen molar-refractivity contribution in [2.75, 3.05) is 0 Å². The molecule has 0 bridgehead atoms. The normalized spacial score (nSPS) is 11.5. The summed E-state index contributed by atoms with van der Waals surface area (Å²) in [5.41, 5.74) is 9.71. The summed E-state index contributed by atoms with van der Waals surface area (Å²) in [6.45, 7) is 0. The first-order chi connectivity index (χ1) is 25.8. The van der Waals surface area contributed by atoms with Gasteiger partial charge in [-0.05, 0) is 77.9 Å². The molecule has 0 fully saturated rings. The number of aromatic nitrogens is 8. The van der Waals surface area contributed by atoms with Gasteiger partial charge in [-0.15, -0.1) is 0 Å². The van der Waals surface area contributed by atoms with E-state index in [1.54, 1.807) is 6.20 Å². The average Bonchev–Trinajstić information content (AvgIpc) is 3.22. The van der Waals surface area contributed by atoms with E-state index in [-0.39, 0.29) is 0 Å². The molecule has 6 aromatic heterocycles. The number of benzene rings is 4. The molecule has 8 nitrogen and oxygen atoms in total. The third kappa shape index (κ3) is 5.09. The lowest BCUT2D eigenvalue weighted by atomic mass is 9.90. The van der Waals surface area contributed by atoms with Crippen LogP contribution in [0.25, 0.3) is 100 Å². The lowest BCUT2D eigenvalue weighted by Gasteiger charge is -2.16. The van der Waals surface area contributed by atoms with Crippen molar-refractivity contribution in [1.82, 2.24) is 39.9 Å². The Morgan fingerprint density at radius 2 is 0.827 bits per heavy atom. The van der Waals surface area contributed by atoms with Gasteiger partial charge in [0.25, 0.3) is 0 Å². The molecule has 0 saturated carbocycles. The van der Waals surface area contributed by atoms with Crippen molar-refractivity contribution in [2.45, 2.75) is 0 Å². The smallest absolute Gasteiger partial charge is 0.182 e. The first kappa shape index (κ1) is 29.6.